The molecule has 5 nitrogen and oxygen atoms in total. The molecule has 4 rings (SSSR count). The molecule has 0 atom stereocenters. The smallest absolute Gasteiger partial charge is 0.259 e. The van der Waals surface area contributed by atoms with E-state index < -0.39 is 0 Å². The molecule has 1 heterocycles. The van der Waals surface area contributed by atoms with Crippen LogP contribution in [0, 0.1) is 13.8 Å². The lowest BCUT2D eigenvalue weighted by molar-refractivity contribution is 0.101. The zero-order valence-corrected chi connectivity index (χ0v) is 15.0. The van der Waals surface area contributed by atoms with E-state index in [1.165, 1.54) is 0 Å². The van der Waals surface area contributed by atoms with Crippen molar-refractivity contribution in [3.05, 3.63) is 82.9 Å². The summed E-state index contributed by atoms with van der Waals surface area (Å²) in [4.78, 5) is 25.1. The lowest BCUT2D eigenvalue weighted by Gasteiger charge is -2.10. The van der Waals surface area contributed by atoms with Gasteiger partial charge < -0.3 is 15.4 Å². The van der Waals surface area contributed by atoms with Crippen molar-refractivity contribution in [2.75, 3.05) is 10.6 Å². The van der Waals surface area contributed by atoms with Crippen molar-refractivity contribution < 1.29 is 14.3 Å². The minimum absolute atomic E-state index is 0.222. The molecule has 0 aliphatic carbocycles. The number of carbonyl (C=O) groups excluding carboxylic acids is 2. The van der Waals surface area contributed by atoms with Gasteiger partial charge in [0.25, 0.3) is 11.8 Å². The SMILES string of the molecule is Cc1cc(C)cc(C(=O)Nc2ccc3c(c2)C(=O)Nc2ccccc2O3)c1. The number of benzene rings is 3. The van der Waals surface area contributed by atoms with Crippen molar-refractivity contribution in [2.45, 2.75) is 13.8 Å². The molecule has 27 heavy (non-hydrogen) atoms. The van der Waals surface area contributed by atoms with E-state index in [9.17, 15) is 9.59 Å². The first kappa shape index (κ1) is 16.8. The molecule has 0 saturated heterocycles. The Balaban J connectivity index is 1.63. The van der Waals surface area contributed by atoms with Crippen LogP contribution < -0.4 is 15.4 Å². The van der Waals surface area contributed by atoms with Crippen LogP contribution in [0.2, 0.25) is 0 Å². The number of rotatable bonds is 2. The van der Waals surface area contributed by atoms with Gasteiger partial charge >= 0.3 is 0 Å². The molecule has 3 aromatic rings. The standard InChI is InChI=1S/C22H18N2O3/c1-13-9-14(2)11-15(10-13)21(25)23-16-7-8-19-17(12-16)22(26)24-18-5-3-4-6-20(18)27-19/h3-12H,1-2H3,(H,23,25)(H,24,26). The van der Waals surface area contributed by atoms with Crippen LogP contribution in [0.5, 0.6) is 11.5 Å². The number of nitrogens with one attached hydrogen (secondary N) is 2. The van der Waals surface area contributed by atoms with Crippen LogP contribution in [-0.2, 0) is 0 Å². The summed E-state index contributed by atoms with van der Waals surface area (Å²) < 4.78 is 5.85. The highest BCUT2D eigenvalue weighted by molar-refractivity contribution is 6.10. The molecule has 0 spiro atoms. The van der Waals surface area contributed by atoms with Gasteiger partial charge in [0.1, 0.15) is 5.75 Å². The Morgan fingerprint density at radius 3 is 2.44 bits per heavy atom. The lowest BCUT2D eigenvalue weighted by Crippen LogP contribution is -2.14. The molecule has 1 aliphatic rings. The van der Waals surface area contributed by atoms with Crippen molar-refractivity contribution in [3.8, 4) is 11.5 Å². The summed E-state index contributed by atoms with van der Waals surface area (Å²) in [5.41, 5.74) is 4.13. The summed E-state index contributed by atoms with van der Waals surface area (Å²) >= 11 is 0. The third-order valence-corrected chi connectivity index (χ3v) is 4.32. The van der Waals surface area contributed by atoms with E-state index in [0.717, 1.165) is 11.1 Å². The number of anilines is 2. The molecule has 0 aromatic heterocycles. The summed E-state index contributed by atoms with van der Waals surface area (Å²) in [7, 11) is 0. The van der Waals surface area contributed by atoms with Crippen molar-refractivity contribution >= 4 is 23.2 Å². The zero-order valence-electron chi connectivity index (χ0n) is 15.0. The number of amides is 2. The Morgan fingerprint density at radius 2 is 1.67 bits per heavy atom. The van der Waals surface area contributed by atoms with E-state index in [1.807, 2.05) is 44.2 Å². The highest BCUT2D eigenvalue weighted by Crippen LogP contribution is 2.36. The maximum atomic E-state index is 12.6. The van der Waals surface area contributed by atoms with Gasteiger partial charge in [0.05, 0.1) is 11.3 Å². The van der Waals surface area contributed by atoms with Crippen molar-refractivity contribution in [1.82, 2.24) is 0 Å². The first-order valence-corrected chi connectivity index (χ1v) is 8.61. The molecule has 1 aliphatic heterocycles. The maximum absolute atomic E-state index is 12.6. The minimum atomic E-state index is -0.280. The highest BCUT2D eigenvalue weighted by Gasteiger charge is 2.21. The van der Waals surface area contributed by atoms with Gasteiger partial charge in [-0.15, -0.1) is 0 Å². The van der Waals surface area contributed by atoms with Crippen LogP contribution in [-0.4, -0.2) is 11.8 Å². The van der Waals surface area contributed by atoms with Crippen LogP contribution in [0.25, 0.3) is 0 Å². The van der Waals surface area contributed by atoms with Gasteiger partial charge in [-0.1, -0.05) is 29.3 Å². The second kappa shape index (κ2) is 6.61. The average Bonchev–Trinajstić information content (AvgIpc) is 2.77. The normalized spacial score (nSPS) is 12.1. The van der Waals surface area contributed by atoms with Crippen molar-refractivity contribution in [1.29, 1.82) is 0 Å². The topological polar surface area (TPSA) is 67.4 Å². The zero-order chi connectivity index (χ0) is 19.0. The highest BCUT2D eigenvalue weighted by atomic mass is 16.5. The van der Waals surface area contributed by atoms with Crippen molar-refractivity contribution in [2.24, 2.45) is 0 Å². The fourth-order valence-corrected chi connectivity index (χ4v) is 3.15. The fourth-order valence-electron chi connectivity index (χ4n) is 3.15. The third kappa shape index (κ3) is 3.40. The summed E-state index contributed by atoms with van der Waals surface area (Å²) in [6, 6.07) is 17.9. The van der Waals surface area contributed by atoms with Crippen LogP contribution in [0.15, 0.2) is 60.7 Å². The fraction of sp³-hybridized carbons (Fsp3) is 0.0909. The monoisotopic (exact) mass is 358 g/mol. The van der Waals surface area contributed by atoms with Gasteiger partial charge in [-0.25, -0.2) is 0 Å². The van der Waals surface area contributed by atoms with Gasteiger partial charge in [-0.05, 0) is 56.3 Å². The summed E-state index contributed by atoms with van der Waals surface area (Å²) in [6.45, 7) is 3.90. The van der Waals surface area contributed by atoms with Gasteiger partial charge in [-0.3, -0.25) is 9.59 Å². The first-order valence-electron chi connectivity index (χ1n) is 8.61. The molecule has 5 heteroatoms. The molecule has 2 amide bonds. The minimum Gasteiger partial charge on any atom is -0.454 e. The lowest BCUT2D eigenvalue weighted by atomic mass is 10.1. The van der Waals surface area contributed by atoms with Gasteiger partial charge in [-0.2, -0.15) is 0 Å². The largest absolute Gasteiger partial charge is 0.454 e. The molecule has 0 radical (unpaired) electrons. The molecular weight excluding hydrogens is 340 g/mol. The summed E-state index contributed by atoms with van der Waals surface area (Å²) in [5, 5.41) is 5.68. The summed E-state index contributed by atoms with van der Waals surface area (Å²) in [5.74, 6) is 0.524. The number of fused-ring (bicyclic) bond motifs is 2. The predicted octanol–water partition coefficient (Wildman–Crippen LogP) is 4.91. The Labute approximate surface area is 157 Å². The predicted molar refractivity (Wildman–Crippen MR) is 105 cm³/mol. The van der Waals surface area contributed by atoms with E-state index in [4.69, 9.17) is 4.74 Å². The molecular formula is C22H18N2O3. The average molecular weight is 358 g/mol. The number of para-hydroxylation sites is 2. The Bertz CT molecular complexity index is 1050. The van der Waals surface area contributed by atoms with Crippen LogP contribution in [0.4, 0.5) is 11.4 Å². The van der Waals surface area contributed by atoms with E-state index in [1.54, 1.807) is 30.3 Å². The molecule has 2 N–H and O–H groups in total. The van der Waals surface area contributed by atoms with Crippen LogP contribution in [0.1, 0.15) is 31.8 Å². The Kier molecular flexibility index (Phi) is 4.12. The third-order valence-electron chi connectivity index (χ3n) is 4.32. The molecule has 3 aromatic carbocycles. The number of aryl methyl sites for hydroxylation is 2. The second-order valence-corrected chi connectivity index (χ2v) is 6.59. The quantitative estimate of drug-likeness (QED) is 0.684. The first-order chi connectivity index (χ1) is 13.0. The van der Waals surface area contributed by atoms with Gasteiger partial charge in [0, 0.05) is 11.3 Å². The van der Waals surface area contributed by atoms with Crippen LogP contribution in [0.3, 0.4) is 0 Å². The molecule has 0 saturated carbocycles. The number of ether oxygens (including phenoxy) is 1. The van der Waals surface area contributed by atoms with Gasteiger partial charge in [0.2, 0.25) is 0 Å². The van der Waals surface area contributed by atoms with Crippen molar-refractivity contribution in [3.63, 3.8) is 0 Å². The molecule has 0 fully saturated rings. The Morgan fingerprint density at radius 1 is 0.926 bits per heavy atom. The van der Waals surface area contributed by atoms with E-state index in [-0.39, 0.29) is 11.8 Å². The summed E-state index contributed by atoms with van der Waals surface area (Å²) in [6.07, 6.45) is 0. The number of carbonyl (C=O) groups is 2. The van der Waals surface area contributed by atoms with E-state index in [2.05, 4.69) is 10.6 Å². The van der Waals surface area contributed by atoms with Gasteiger partial charge in [0.15, 0.2) is 5.75 Å². The molecule has 0 unspecified atom stereocenters. The number of hydrogen-bond acceptors (Lipinski definition) is 3. The molecule has 134 valence electrons. The maximum Gasteiger partial charge on any atom is 0.259 e. The van der Waals surface area contributed by atoms with Crippen LogP contribution >= 0.6 is 0 Å². The molecule has 0 bridgehead atoms. The Hall–Kier alpha value is -3.60. The second-order valence-electron chi connectivity index (χ2n) is 6.59. The van der Waals surface area contributed by atoms with E-state index in [0.29, 0.717) is 34.0 Å². The number of hydrogen-bond donors (Lipinski definition) is 2. The van der Waals surface area contributed by atoms with E-state index >= 15 is 0 Å².